The van der Waals surface area contributed by atoms with E-state index in [9.17, 15) is 0 Å². The van der Waals surface area contributed by atoms with Gasteiger partial charge in [0.2, 0.25) is 0 Å². The van der Waals surface area contributed by atoms with Crippen LogP contribution >= 0.6 is 0 Å². The van der Waals surface area contributed by atoms with Crippen molar-refractivity contribution in [1.29, 1.82) is 0 Å². The zero-order valence-corrected chi connectivity index (χ0v) is 12.2. The Morgan fingerprint density at radius 2 is 1.35 bits per heavy atom. The van der Waals surface area contributed by atoms with Crippen molar-refractivity contribution in [2.75, 3.05) is 13.2 Å². The number of pyridine rings is 2. The Morgan fingerprint density at radius 1 is 0.870 bits per heavy atom. The Balaban J connectivity index is 1.81. The van der Waals surface area contributed by atoms with Gasteiger partial charge in [0.1, 0.15) is 22.9 Å². The SMILES string of the molecule is O/N=C\c1ncccc1OCCCOc1cccnc1/C=N\O. The lowest BCUT2D eigenvalue weighted by molar-refractivity contribution is 0.246. The second-order valence-electron chi connectivity index (χ2n) is 4.31. The first-order valence-corrected chi connectivity index (χ1v) is 6.85. The minimum absolute atomic E-state index is 0.404. The van der Waals surface area contributed by atoms with Crippen LogP contribution in [-0.2, 0) is 0 Å². The van der Waals surface area contributed by atoms with Gasteiger partial charge in [0.15, 0.2) is 0 Å². The van der Waals surface area contributed by atoms with Gasteiger partial charge in [0, 0.05) is 18.8 Å². The molecule has 0 amide bonds. The maximum Gasteiger partial charge on any atom is 0.146 e. The first kappa shape index (κ1) is 16.2. The number of ether oxygens (including phenoxy) is 2. The van der Waals surface area contributed by atoms with Gasteiger partial charge in [0.05, 0.1) is 25.6 Å². The lowest BCUT2D eigenvalue weighted by Gasteiger charge is -2.10. The molecule has 0 saturated heterocycles. The molecule has 0 aliphatic heterocycles. The Bertz CT molecular complexity index is 619. The van der Waals surface area contributed by atoms with Crippen LogP contribution in [-0.4, -0.2) is 46.0 Å². The first-order chi connectivity index (χ1) is 11.3. The van der Waals surface area contributed by atoms with Gasteiger partial charge in [-0.05, 0) is 24.3 Å². The van der Waals surface area contributed by atoms with Crippen molar-refractivity contribution in [3.8, 4) is 11.5 Å². The van der Waals surface area contributed by atoms with Crippen molar-refractivity contribution in [3.63, 3.8) is 0 Å². The smallest absolute Gasteiger partial charge is 0.146 e. The van der Waals surface area contributed by atoms with Crippen LogP contribution in [0.2, 0.25) is 0 Å². The highest BCUT2D eigenvalue weighted by Crippen LogP contribution is 2.15. The van der Waals surface area contributed by atoms with Crippen LogP contribution in [0.5, 0.6) is 11.5 Å². The molecule has 0 unspecified atom stereocenters. The van der Waals surface area contributed by atoms with E-state index >= 15 is 0 Å². The molecule has 2 aromatic heterocycles. The Hall–Kier alpha value is -3.16. The molecule has 0 spiro atoms. The Morgan fingerprint density at radius 3 is 1.78 bits per heavy atom. The van der Waals surface area contributed by atoms with E-state index in [0.29, 0.717) is 42.5 Å². The number of nitrogens with zero attached hydrogens (tertiary/aromatic N) is 4. The third-order valence-electron chi connectivity index (χ3n) is 2.76. The quantitative estimate of drug-likeness (QED) is 0.333. The molecule has 0 aliphatic rings. The standard InChI is InChI=1S/C15H16N4O4/c20-18-10-12-14(4-1-6-16-12)22-8-3-9-23-15-5-2-7-17-13(15)11-19-21/h1-2,4-7,10-11,20-21H,3,8-9H2/b18-10-,19-11-. The fourth-order valence-corrected chi connectivity index (χ4v) is 1.78. The van der Waals surface area contributed by atoms with E-state index in [2.05, 4.69) is 20.3 Å². The van der Waals surface area contributed by atoms with E-state index in [0.717, 1.165) is 0 Å². The molecule has 120 valence electrons. The second kappa shape index (κ2) is 8.98. The van der Waals surface area contributed by atoms with Crippen LogP contribution in [0.15, 0.2) is 47.0 Å². The number of oxime groups is 2. The summed E-state index contributed by atoms with van der Waals surface area (Å²) in [5.41, 5.74) is 0.897. The zero-order chi connectivity index (χ0) is 16.3. The Kier molecular flexibility index (Phi) is 6.33. The van der Waals surface area contributed by atoms with E-state index in [-0.39, 0.29) is 0 Å². The van der Waals surface area contributed by atoms with Crippen LogP contribution in [0, 0.1) is 0 Å². The van der Waals surface area contributed by atoms with Crippen molar-refractivity contribution in [2.24, 2.45) is 10.3 Å². The van der Waals surface area contributed by atoms with Crippen molar-refractivity contribution < 1.29 is 19.9 Å². The predicted molar refractivity (Wildman–Crippen MR) is 82.8 cm³/mol. The van der Waals surface area contributed by atoms with Gasteiger partial charge in [-0.2, -0.15) is 0 Å². The van der Waals surface area contributed by atoms with Gasteiger partial charge in [-0.1, -0.05) is 10.3 Å². The van der Waals surface area contributed by atoms with Gasteiger partial charge < -0.3 is 19.9 Å². The molecule has 0 aromatic carbocycles. The molecule has 0 fully saturated rings. The van der Waals surface area contributed by atoms with Crippen LogP contribution in [0.25, 0.3) is 0 Å². The fourth-order valence-electron chi connectivity index (χ4n) is 1.78. The molecule has 0 saturated carbocycles. The molecule has 0 atom stereocenters. The largest absolute Gasteiger partial charge is 0.491 e. The summed E-state index contributed by atoms with van der Waals surface area (Å²) in [4.78, 5) is 8.07. The highest BCUT2D eigenvalue weighted by Gasteiger charge is 2.04. The molecule has 23 heavy (non-hydrogen) atoms. The molecule has 2 aromatic rings. The third kappa shape index (κ3) is 4.95. The molecule has 2 N–H and O–H groups in total. The monoisotopic (exact) mass is 316 g/mol. The highest BCUT2D eigenvalue weighted by atomic mass is 16.5. The third-order valence-corrected chi connectivity index (χ3v) is 2.76. The van der Waals surface area contributed by atoms with Gasteiger partial charge in [-0.25, -0.2) is 0 Å². The normalized spacial score (nSPS) is 11.1. The number of hydrogen-bond donors (Lipinski definition) is 2. The van der Waals surface area contributed by atoms with E-state index in [1.807, 2.05) is 0 Å². The van der Waals surface area contributed by atoms with E-state index < -0.39 is 0 Å². The summed E-state index contributed by atoms with van der Waals surface area (Å²) in [5, 5.41) is 23.0. The van der Waals surface area contributed by atoms with Crippen LogP contribution in [0.1, 0.15) is 17.8 Å². The molecule has 0 aliphatic carbocycles. The molecule has 0 radical (unpaired) electrons. The number of hydrogen-bond acceptors (Lipinski definition) is 8. The minimum Gasteiger partial charge on any atom is -0.491 e. The Labute approximate surface area is 132 Å². The summed E-state index contributed by atoms with van der Waals surface area (Å²) < 4.78 is 11.2. The molecular formula is C15H16N4O4. The molecule has 2 rings (SSSR count). The number of aromatic nitrogens is 2. The predicted octanol–water partition coefficient (Wildman–Crippen LogP) is 1.94. The van der Waals surface area contributed by atoms with E-state index in [1.54, 1.807) is 36.7 Å². The van der Waals surface area contributed by atoms with E-state index in [1.165, 1.54) is 12.4 Å². The van der Waals surface area contributed by atoms with Crippen LogP contribution < -0.4 is 9.47 Å². The highest BCUT2D eigenvalue weighted by molar-refractivity contribution is 5.80. The zero-order valence-electron chi connectivity index (χ0n) is 12.2. The topological polar surface area (TPSA) is 109 Å². The summed E-state index contributed by atoms with van der Waals surface area (Å²) in [6.45, 7) is 0.809. The van der Waals surface area contributed by atoms with Gasteiger partial charge >= 0.3 is 0 Å². The van der Waals surface area contributed by atoms with Gasteiger partial charge in [-0.15, -0.1) is 0 Å². The average molecular weight is 316 g/mol. The maximum absolute atomic E-state index is 8.57. The fraction of sp³-hybridized carbons (Fsp3) is 0.200. The molecule has 2 heterocycles. The van der Waals surface area contributed by atoms with Crippen LogP contribution in [0.4, 0.5) is 0 Å². The summed E-state index contributed by atoms with van der Waals surface area (Å²) in [6.07, 6.45) is 6.21. The summed E-state index contributed by atoms with van der Waals surface area (Å²) in [5.74, 6) is 1.06. The average Bonchev–Trinajstić information content (AvgIpc) is 2.58. The molecular weight excluding hydrogens is 300 g/mol. The summed E-state index contributed by atoms with van der Waals surface area (Å²) in [6, 6.07) is 6.94. The maximum atomic E-state index is 8.57. The van der Waals surface area contributed by atoms with Crippen molar-refractivity contribution >= 4 is 12.4 Å². The van der Waals surface area contributed by atoms with Crippen molar-refractivity contribution in [3.05, 3.63) is 48.0 Å². The second-order valence-corrected chi connectivity index (χ2v) is 4.31. The van der Waals surface area contributed by atoms with Crippen LogP contribution in [0.3, 0.4) is 0 Å². The summed E-state index contributed by atoms with van der Waals surface area (Å²) in [7, 11) is 0. The van der Waals surface area contributed by atoms with E-state index in [4.69, 9.17) is 19.9 Å². The lowest BCUT2D eigenvalue weighted by atomic mass is 10.3. The summed E-state index contributed by atoms with van der Waals surface area (Å²) >= 11 is 0. The molecule has 0 bridgehead atoms. The minimum atomic E-state index is 0.404. The van der Waals surface area contributed by atoms with Gasteiger partial charge in [0.25, 0.3) is 0 Å². The van der Waals surface area contributed by atoms with Gasteiger partial charge in [-0.3, -0.25) is 9.97 Å². The lowest BCUT2D eigenvalue weighted by Crippen LogP contribution is -2.08. The molecule has 8 heteroatoms. The molecule has 8 nitrogen and oxygen atoms in total. The first-order valence-electron chi connectivity index (χ1n) is 6.85. The van der Waals surface area contributed by atoms with Crippen molar-refractivity contribution in [2.45, 2.75) is 6.42 Å². The number of rotatable bonds is 8. The van der Waals surface area contributed by atoms with Crippen molar-refractivity contribution in [1.82, 2.24) is 9.97 Å².